The number of pyridine rings is 1. The summed E-state index contributed by atoms with van der Waals surface area (Å²) >= 11 is 6.31. The van der Waals surface area contributed by atoms with E-state index in [4.69, 9.17) is 16.3 Å². The fraction of sp³-hybridized carbons (Fsp3) is 0.0870. The molecule has 6 nitrogen and oxygen atoms in total. The van der Waals surface area contributed by atoms with Crippen molar-refractivity contribution < 1.29 is 9.13 Å². The van der Waals surface area contributed by atoms with E-state index in [1.165, 1.54) is 12.4 Å². The zero-order chi connectivity index (χ0) is 20.9. The second-order valence-electron chi connectivity index (χ2n) is 7.33. The number of rotatable bonds is 2. The minimum absolute atomic E-state index is 0.326. The molecule has 0 fully saturated rings. The maximum Gasteiger partial charge on any atom is 0.226 e. The first kappa shape index (κ1) is 18.1. The summed E-state index contributed by atoms with van der Waals surface area (Å²) in [6.45, 7) is 0. The van der Waals surface area contributed by atoms with Gasteiger partial charge in [-0.25, -0.2) is 9.07 Å². The molecule has 0 radical (unpaired) electrons. The Kier molecular flexibility index (Phi) is 4.04. The van der Waals surface area contributed by atoms with Crippen molar-refractivity contribution in [3.8, 4) is 5.75 Å². The van der Waals surface area contributed by atoms with Crippen LogP contribution in [-0.4, -0.2) is 19.7 Å². The predicted octanol–water partition coefficient (Wildman–Crippen LogP) is 5.03. The molecular weight excluding hydrogens is 417 g/mol. The summed E-state index contributed by atoms with van der Waals surface area (Å²) in [5.41, 5.74) is 3.79. The average molecular weight is 432 g/mol. The molecule has 0 saturated heterocycles. The molecule has 8 heteroatoms. The third-order valence-electron chi connectivity index (χ3n) is 5.58. The van der Waals surface area contributed by atoms with Crippen LogP contribution in [0.5, 0.6) is 5.75 Å². The van der Waals surface area contributed by atoms with Crippen molar-refractivity contribution in [1.29, 1.82) is 0 Å². The van der Waals surface area contributed by atoms with E-state index in [1.807, 2.05) is 30.3 Å². The lowest BCUT2D eigenvalue weighted by atomic mass is 9.84. The number of nitrogens with zero attached hydrogens (tertiary/aromatic N) is 4. The maximum absolute atomic E-state index is 15.0. The lowest BCUT2D eigenvalue weighted by Gasteiger charge is -2.39. The number of hydrogen-bond donors (Lipinski definition) is 1. The minimum atomic E-state index is -0.555. The van der Waals surface area contributed by atoms with Gasteiger partial charge in [-0.15, -0.1) is 0 Å². The molecule has 0 bridgehead atoms. The van der Waals surface area contributed by atoms with E-state index in [1.54, 1.807) is 35.3 Å². The van der Waals surface area contributed by atoms with Crippen LogP contribution in [-0.2, 0) is 0 Å². The molecule has 0 saturated carbocycles. The molecule has 2 aromatic heterocycles. The Hall–Kier alpha value is -3.71. The molecule has 6 rings (SSSR count). The van der Waals surface area contributed by atoms with Crippen molar-refractivity contribution >= 4 is 23.2 Å². The first-order valence-electron chi connectivity index (χ1n) is 9.72. The molecule has 4 aromatic rings. The molecular formula is C23H15ClFN5O. The summed E-state index contributed by atoms with van der Waals surface area (Å²) in [7, 11) is 0. The van der Waals surface area contributed by atoms with Crippen LogP contribution in [0.1, 0.15) is 28.8 Å². The average Bonchev–Trinajstić information content (AvgIpc) is 3.27. The second kappa shape index (κ2) is 6.92. The van der Waals surface area contributed by atoms with E-state index in [-0.39, 0.29) is 5.82 Å². The lowest BCUT2D eigenvalue weighted by molar-refractivity contribution is 0.222. The highest BCUT2D eigenvalue weighted by Gasteiger charge is 2.41. The van der Waals surface area contributed by atoms with Crippen LogP contribution in [0.3, 0.4) is 0 Å². The zero-order valence-electron chi connectivity index (χ0n) is 16.0. The molecule has 0 amide bonds. The Labute approximate surface area is 182 Å². The Morgan fingerprint density at radius 2 is 1.90 bits per heavy atom. The van der Waals surface area contributed by atoms with E-state index >= 15 is 4.39 Å². The molecule has 152 valence electrons. The van der Waals surface area contributed by atoms with Gasteiger partial charge in [-0.2, -0.15) is 10.1 Å². The number of aromatic nitrogens is 4. The predicted molar refractivity (Wildman–Crippen MR) is 114 cm³/mol. The van der Waals surface area contributed by atoms with Gasteiger partial charge in [0.15, 0.2) is 0 Å². The number of anilines is 1. The molecule has 31 heavy (non-hydrogen) atoms. The van der Waals surface area contributed by atoms with Crippen LogP contribution >= 0.6 is 11.6 Å². The minimum Gasteiger partial charge on any atom is -0.480 e. The van der Waals surface area contributed by atoms with Gasteiger partial charge in [-0.05, 0) is 42.0 Å². The Morgan fingerprint density at radius 3 is 2.74 bits per heavy atom. The van der Waals surface area contributed by atoms with Crippen LogP contribution in [0, 0.1) is 5.82 Å². The van der Waals surface area contributed by atoms with Gasteiger partial charge in [0.1, 0.15) is 30.0 Å². The van der Waals surface area contributed by atoms with Crippen LogP contribution in [0.4, 0.5) is 10.3 Å². The maximum atomic E-state index is 15.0. The van der Waals surface area contributed by atoms with Crippen molar-refractivity contribution in [2.45, 2.75) is 12.1 Å². The van der Waals surface area contributed by atoms with Gasteiger partial charge in [-0.1, -0.05) is 29.8 Å². The van der Waals surface area contributed by atoms with Crippen LogP contribution < -0.4 is 10.1 Å². The van der Waals surface area contributed by atoms with Crippen molar-refractivity contribution in [3.05, 3.63) is 106 Å². The summed E-state index contributed by atoms with van der Waals surface area (Å²) in [6, 6.07) is 15.4. The van der Waals surface area contributed by atoms with E-state index in [0.717, 1.165) is 22.4 Å². The Morgan fingerprint density at radius 1 is 1.06 bits per heavy atom. The number of nitrogens with one attached hydrogen (secondary N) is 1. The molecule has 2 atom stereocenters. The molecule has 0 unspecified atom stereocenters. The Balaban J connectivity index is 1.67. The highest BCUT2D eigenvalue weighted by molar-refractivity contribution is 6.30. The van der Waals surface area contributed by atoms with Crippen molar-refractivity contribution in [3.63, 3.8) is 0 Å². The van der Waals surface area contributed by atoms with Gasteiger partial charge < -0.3 is 10.1 Å². The third-order valence-corrected chi connectivity index (χ3v) is 5.82. The molecule has 2 aliphatic heterocycles. The lowest BCUT2D eigenvalue weighted by Crippen LogP contribution is -2.32. The largest absolute Gasteiger partial charge is 0.480 e. The van der Waals surface area contributed by atoms with E-state index in [9.17, 15) is 0 Å². The first-order chi connectivity index (χ1) is 15.2. The van der Waals surface area contributed by atoms with Gasteiger partial charge in [0, 0.05) is 34.1 Å². The van der Waals surface area contributed by atoms with Gasteiger partial charge in [-0.3, -0.25) is 4.98 Å². The molecule has 1 N–H and O–H groups in total. The normalized spacial score (nSPS) is 19.0. The van der Waals surface area contributed by atoms with Crippen LogP contribution in [0.2, 0.25) is 5.02 Å². The summed E-state index contributed by atoms with van der Waals surface area (Å²) in [6.07, 6.45) is 4.40. The van der Waals surface area contributed by atoms with Crippen molar-refractivity contribution in [1.82, 2.24) is 19.7 Å². The fourth-order valence-corrected chi connectivity index (χ4v) is 4.42. The fourth-order valence-electron chi connectivity index (χ4n) is 4.25. The molecule has 2 aromatic carbocycles. The number of benzene rings is 2. The highest BCUT2D eigenvalue weighted by Crippen LogP contribution is 2.51. The second-order valence-corrected chi connectivity index (χ2v) is 7.76. The van der Waals surface area contributed by atoms with Crippen molar-refractivity contribution in [2.24, 2.45) is 0 Å². The quantitative estimate of drug-likeness (QED) is 0.482. The van der Waals surface area contributed by atoms with Gasteiger partial charge in [0.2, 0.25) is 5.95 Å². The SMILES string of the molecule is Fc1ccccc1[C@@H]1C2=C(Nc3ncnn31)c1cc(Cl)ccc1O[C@@H]2c1ccncc1. The standard InChI is InChI=1S/C23H15ClFN5O/c24-14-5-6-18-16(11-14)20-19(22(31-18)13-7-9-26-10-8-13)21(15-3-1-2-4-17(15)25)30-23(29-20)27-12-28-30/h1-12,21-22H,(H,27,28,29)/t21-,22-/m1/s1. The Bertz CT molecular complexity index is 1340. The first-order valence-corrected chi connectivity index (χ1v) is 10.1. The number of hydrogen-bond acceptors (Lipinski definition) is 5. The molecule has 0 aliphatic carbocycles. The van der Waals surface area contributed by atoms with Gasteiger partial charge in [0.05, 0.1) is 5.70 Å². The zero-order valence-corrected chi connectivity index (χ0v) is 16.8. The van der Waals surface area contributed by atoms with E-state index < -0.39 is 12.1 Å². The van der Waals surface area contributed by atoms with E-state index in [0.29, 0.717) is 22.3 Å². The van der Waals surface area contributed by atoms with Crippen LogP contribution in [0.15, 0.2) is 78.9 Å². The number of ether oxygens (including phenoxy) is 1. The van der Waals surface area contributed by atoms with Crippen LogP contribution in [0.25, 0.3) is 5.70 Å². The summed E-state index contributed by atoms with van der Waals surface area (Å²) in [5.74, 6) is 0.874. The smallest absolute Gasteiger partial charge is 0.226 e. The van der Waals surface area contributed by atoms with Crippen molar-refractivity contribution in [2.75, 3.05) is 5.32 Å². The third kappa shape index (κ3) is 2.81. The van der Waals surface area contributed by atoms with E-state index in [2.05, 4.69) is 20.4 Å². The van der Waals surface area contributed by atoms with Gasteiger partial charge in [0.25, 0.3) is 0 Å². The molecule has 4 heterocycles. The molecule has 0 spiro atoms. The summed E-state index contributed by atoms with van der Waals surface area (Å²) < 4.78 is 23.2. The highest BCUT2D eigenvalue weighted by atomic mass is 35.5. The number of halogens is 2. The summed E-state index contributed by atoms with van der Waals surface area (Å²) in [4.78, 5) is 8.47. The topological polar surface area (TPSA) is 64.9 Å². The van der Waals surface area contributed by atoms with Gasteiger partial charge >= 0.3 is 0 Å². The monoisotopic (exact) mass is 431 g/mol. The summed E-state index contributed by atoms with van der Waals surface area (Å²) in [5, 5.41) is 8.35. The number of fused-ring (bicyclic) bond motifs is 3. The molecule has 2 aliphatic rings.